The van der Waals surface area contributed by atoms with Crippen molar-refractivity contribution in [3.8, 4) is 0 Å². The summed E-state index contributed by atoms with van der Waals surface area (Å²) in [6.45, 7) is 2.77. The minimum Gasteiger partial charge on any atom is -0.358 e. The summed E-state index contributed by atoms with van der Waals surface area (Å²) in [5, 5.41) is 4.14. The maximum atomic E-state index is 5.80. The Morgan fingerprint density at radius 3 is 2.50 bits per heavy atom. The van der Waals surface area contributed by atoms with Gasteiger partial charge in [0.05, 0.1) is 0 Å². The van der Waals surface area contributed by atoms with Gasteiger partial charge >= 0.3 is 0 Å². The van der Waals surface area contributed by atoms with Crippen LogP contribution in [0, 0.1) is 0 Å². The molecule has 0 amide bonds. The second kappa shape index (κ2) is 3.79. The first-order valence-corrected chi connectivity index (χ1v) is 5.30. The standard InChI is InChI=1S/C11H14ClNO/c1-2-14-11(7-8-11)13-10-5-3-9(12)4-6-10/h3-6,13H,2,7-8H2,1H3. The van der Waals surface area contributed by atoms with Crippen LogP contribution < -0.4 is 5.32 Å². The molecule has 2 nitrogen and oxygen atoms in total. The normalized spacial score (nSPS) is 17.9. The highest BCUT2D eigenvalue weighted by Crippen LogP contribution is 2.40. The molecule has 1 fully saturated rings. The van der Waals surface area contributed by atoms with Crippen molar-refractivity contribution in [3.63, 3.8) is 0 Å². The van der Waals surface area contributed by atoms with E-state index in [9.17, 15) is 0 Å². The van der Waals surface area contributed by atoms with Crippen LogP contribution in [0.5, 0.6) is 0 Å². The molecule has 0 spiro atoms. The maximum absolute atomic E-state index is 5.80. The molecule has 0 radical (unpaired) electrons. The van der Waals surface area contributed by atoms with Gasteiger partial charge in [-0.1, -0.05) is 11.6 Å². The van der Waals surface area contributed by atoms with Gasteiger partial charge in [-0.25, -0.2) is 0 Å². The lowest BCUT2D eigenvalue weighted by atomic mass is 10.3. The van der Waals surface area contributed by atoms with Crippen LogP contribution in [-0.4, -0.2) is 12.3 Å². The van der Waals surface area contributed by atoms with Crippen LogP contribution in [0.1, 0.15) is 19.8 Å². The number of hydrogen-bond donors (Lipinski definition) is 1. The molecule has 0 aliphatic heterocycles. The molecular weight excluding hydrogens is 198 g/mol. The Bertz CT molecular complexity index is 306. The summed E-state index contributed by atoms with van der Waals surface area (Å²) in [6, 6.07) is 7.71. The average Bonchev–Trinajstić information content (AvgIpc) is 2.90. The van der Waals surface area contributed by atoms with Crippen molar-refractivity contribution in [2.24, 2.45) is 0 Å². The molecule has 1 aromatic rings. The van der Waals surface area contributed by atoms with Crippen molar-refractivity contribution in [1.29, 1.82) is 0 Å². The molecule has 1 aromatic carbocycles. The molecule has 1 aliphatic rings. The summed E-state index contributed by atoms with van der Waals surface area (Å²) in [7, 11) is 0. The topological polar surface area (TPSA) is 21.3 Å². The first-order valence-electron chi connectivity index (χ1n) is 4.92. The third-order valence-corrected chi connectivity index (χ3v) is 2.59. The number of hydrogen-bond acceptors (Lipinski definition) is 2. The minimum absolute atomic E-state index is 0.0947. The first-order chi connectivity index (χ1) is 6.74. The minimum atomic E-state index is -0.0947. The molecule has 0 saturated heterocycles. The Hall–Kier alpha value is -0.730. The Kier molecular flexibility index (Phi) is 2.66. The zero-order valence-electron chi connectivity index (χ0n) is 8.22. The van der Waals surface area contributed by atoms with Gasteiger partial charge in [0.15, 0.2) is 0 Å². The van der Waals surface area contributed by atoms with E-state index in [0.717, 1.165) is 30.2 Å². The molecule has 1 saturated carbocycles. The summed E-state index contributed by atoms with van der Waals surface area (Å²) >= 11 is 5.80. The van der Waals surface area contributed by atoms with Gasteiger partial charge in [-0.15, -0.1) is 0 Å². The fourth-order valence-corrected chi connectivity index (χ4v) is 1.62. The van der Waals surface area contributed by atoms with E-state index < -0.39 is 0 Å². The fraction of sp³-hybridized carbons (Fsp3) is 0.455. The molecule has 1 N–H and O–H groups in total. The summed E-state index contributed by atoms with van der Waals surface area (Å²) in [5.41, 5.74) is 0.975. The van der Waals surface area contributed by atoms with Gasteiger partial charge in [0.2, 0.25) is 0 Å². The van der Waals surface area contributed by atoms with Crippen LogP contribution in [0.15, 0.2) is 24.3 Å². The van der Waals surface area contributed by atoms with Crippen LogP contribution in [-0.2, 0) is 4.74 Å². The van der Waals surface area contributed by atoms with E-state index in [1.165, 1.54) is 0 Å². The van der Waals surface area contributed by atoms with Crippen molar-refractivity contribution in [2.45, 2.75) is 25.5 Å². The fourth-order valence-electron chi connectivity index (χ4n) is 1.49. The highest BCUT2D eigenvalue weighted by molar-refractivity contribution is 6.30. The summed E-state index contributed by atoms with van der Waals surface area (Å²) in [4.78, 5) is 0. The lowest BCUT2D eigenvalue weighted by molar-refractivity contribution is 0.0632. The van der Waals surface area contributed by atoms with E-state index >= 15 is 0 Å². The summed E-state index contributed by atoms with van der Waals surface area (Å²) in [6.07, 6.45) is 2.17. The van der Waals surface area contributed by atoms with Crippen LogP contribution in [0.3, 0.4) is 0 Å². The molecule has 3 heteroatoms. The van der Waals surface area contributed by atoms with Gasteiger partial charge in [-0.3, -0.25) is 0 Å². The van der Waals surface area contributed by atoms with Crippen LogP contribution >= 0.6 is 11.6 Å². The number of halogens is 1. The Morgan fingerprint density at radius 1 is 1.36 bits per heavy atom. The SMILES string of the molecule is CCOC1(Nc2ccc(Cl)cc2)CC1. The van der Waals surface area contributed by atoms with Gasteiger partial charge < -0.3 is 10.1 Å². The molecule has 0 unspecified atom stereocenters. The zero-order chi connectivity index (χ0) is 10.0. The third kappa shape index (κ3) is 2.20. The molecule has 2 rings (SSSR count). The van der Waals surface area contributed by atoms with Crippen molar-refractivity contribution in [2.75, 3.05) is 11.9 Å². The zero-order valence-corrected chi connectivity index (χ0v) is 8.97. The van der Waals surface area contributed by atoms with Gasteiger partial charge in [0.25, 0.3) is 0 Å². The summed E-state index contributed by atoms with van der Waals surface area (Å²) < 4.78 is 5.63. The lowest BCUT2D eigenvalue weighted by Gasteiger charge is -2.18. The maximum Gasteiger partial charge on any atom is 0.139 e. The Labute approximate surface area is 89.2 Å². The van der Waals surface area contributed by atoms with Gasteiger partial charge in [-0.2, -0.15) is 0 Å². The van der Waals surface area contributed by atoms with E-state index in [0.29, 0.717) is 0 Å². The van der Waals surface area contributed by atoms with Gasteiger partial charge in [0, 0.05) is 17.3 Å². The highest BCUT2D eigenvalue weighted by atomic mass is 35.5. The van der Waals surface area contributed by atoms with E-state index in [4.69, 9.17) is 16.3 Å². The monoisotopic (exact) mass is 211 g/mol. The smallest absolute Gasteiger partial charge is 0.139 e. The predicted molar refractivity (Wildman–Crippen MR) is 58.7 cm³/mol. The lowest BCUT2D eigenvalue weighted by Crippen LogP contribution is -2.24. The number of benzene rings is 1. The molecule has 0 bridgehead atoms. The van der Waals surface area contributed by atoms with Crippen molar-refractivity contribution in [3.05, 3.63) is 29.3 Å². The first kappa shape index (κ1) is 9.81. The summed E-state index contributed by atoms with van der Waals surface area (Å²) in [5.74, 6) is 0. The quantitative estimate of drug-likeness (QED) is 0.772. The molecule has 1 aliphatic carbocycles. The highest BCUT2D eigenvalue weighted by Gasteiger charge is 2.43. The second-order valence-corrected chi connectivity index (χ2v) is 4.00. The van der Waals surface area contributed by atoms with E-state index in [-0.39, 0.29) is 5.72 Å². The van der Waals surface area contributed by atoms with Crippen molar-refractivity contribution in [1.82, 2.24) is 0 Å². The predicted octanol–water partition coefficient (Wildman–Crippen LogP) is 3.28. The van der Waals surface area contributed by atoms with Crippen molar-refractivity contribution >= 4 is 17.3 Å². The average molecular weight is 212 g/mol. The molecular formula is C11H14ClNO. The Balaban J connectivity index is 2.00. The Morgan fingerprint density at radius 2 is 2.00 bits per heavy atom. The second-order valence-electron chi connectivity index (χ2n) is 3.56. The number of anilines is 1. The molecule has 0 atom stereocenters. The number of ether oxygens (including phenoxy) is 1. The van der Waals surface area contributed by atoms with Gasteiger partial charge in [-0.05, 0) is 44.0 Å². The van der Waals surface area contributed by atoms with Crippen LogP contribution in [0.2, 0.25) is 5.02 Å². The van der Waals surface area contributed by atoms with Crippen molar-refractivity contribution < 1.29 is 4.74 Å². The van der Waals surface area contributed by atoms with Gasteiger partial charge in [0.1, 0.15) is 5.72 Å². The van der Waals surface area contributed by atoms with Crippen LogP contribution in [0.25, 0.3) is 0 Å². The molecule has 0 aromatic heterocycles. The molecule has 76 valence electrons. The number of rotatable bonds is 4. The van der Waals surface area contributed by atoms with E-state index in [1.54, 1.807) is 0 Å². The molecule has 0 heterocycles. The third-order valence-electron chi connectivity index (χ3n) is 2.34. The van der Waals surface area contributed by atoms with E-state index in [2.05, 4.69) is 5.32 Å². The largest absolute Gasteiger partial charge is 0.358 e. The number of nitrogens with one attached hydrogen (secondary N) is 1. The molecule has 14 heavy (non-hydrogen) atoms. The van der Waals surface area contributed by atoms with Crippen LogP contribution in [0.4, 0.5) is 5.69 Å². The van der Waals surface area contributed by atoms with E-state index in [1.807, 2.05) is 31.2 Å².